The Balaban J connectivity index is 1.60. The first-order valence-electron chi connectivity index (χ1n) is 7.58. The molecule has 3 fully saturated rings. The van der Waals surface area contributed by atoms with Gasteiger partial charge in [-0.15, -0.1) is 0 Å². The standard InChI is InChI=1S/C15H26BNO2/c1-13(2)14(3,4)19-16(18-13)11-12-9-15(10-12)5-7-17-8-6-15/h11,17H,5-10H2,1-4H3. The average molecular weight is 263 g/mol. The zero-order valence-electron chi connectivity index (χ0n) is 12.7. The molecule has 106 valence electrons. The summed E-state index contributed by atoms with van der Waals surface area (Å²) in [6.07, 6.45) is 5.15. The van der Waals surface area contributed by atoms with Crippen LogP contribution in [0.15, 0.2) is 11.5 Å². The van der Waals surface area contributed by atoms with E-state index in [1.807, 2.05) is 0 Å². The topological polar surface area (TPSA) is 30.5 Å². The highest BCUT2D eigenvalue weighted by Gasteiger charge is 2.51. The molecule has 0 radical (unpaired) electrons. The number of hydrogen-bond acceptors (Lipinski definition) is 3. The summed E-state index contributed by atoms with van der Waals surface area (Å²) in [6, 6.07) is 0. The van der Waals surface area contributed by atoms with Crippen molar-refractivity contribution in [3.05, 3.63) is 11.5 Å². The van der Waals surface area contributed by atoms with Crippen LogP contribution in [0.4, 0.5) is 0 Å². The van der Waals surface area contributed by atoms with Gasteiger partial charge in [0.15, 0.2) is 0 Å². The monoisotopic (exact) mass is 263 g/mol. The molecule has 0 amide bonds. The molecule has 1 N–H and O–H groups in total. The van der Waals surface area contributed by atoms with E-state index in [1.165, 1.54) is 44.3 Å². The molecule has 2 heterocycles. The van der Waals surface area contributed by atoms with Gasteiger partial charge in [-0.3, -0.25) is 0 Å². The molecule has 0 bridgehead atoms. The average Bonchev–Trinajstić information content (AvgIpc) is 2.46. The normalized spacial score (nSPS) is 31.4. The van der Waals surface area contributed by atoms with E-state index >= 15 is 0 Å². The Morgan fingerprint density at radius 2 is 1.53 bits per heavy atom. The molecule has 0 aromatic carbocycles. The zero-order valence-corrected chi connectivity index (χ0v) is 12.7. The quantitative estimate of drug-likeness (QED) is 0.738. The van der Waals surface area contributed by atoms with Gasteiger partial charge in [-0.2, -0.15) is 0 Å². The van der Waals surface area contributed by atoms with Crippen molar-refractivity contribution in [3.63, 3.8) is 0 Å². The van der Waals surface area contributed by atoms with Crippen LogP contribution in [-0.4, -0.2) is 31.4 Å². The van der Waals surface area contributed by atoms with Crippen molar-refractivity contribution >= 4 is 7.12 Å². The van der Waals surface area contributed by atoms with E-state index in [9.17, 15) is 0 Å². The molecule has 3 aliphatic rings. The number of allylic oxidation sites excluding steroid dienone is 1. The summed E-state index contributed by atoms with van der Waals surface area (Å²) in [6.45, 7) is 10.8. The molecule has 2 saturated heterocycles. The van der Waals surface area contributed by atoms with Crippen LogP contribution in [0.1, 0.15) is 53.4 Å². The zero-order chi connectivity index (χ0) is 13.7. The van der Waals surface area contributed by atoms with Crippen molar-refractivity contribution in [1.29, 1.82) is 0 Å². The van der Waals surface area contributed by atoms with Gasteiger partial charge in [0.25, 0.3) is 0 Å². The third kappa shape index (κ3) is 2.39. The second kappa shape index (κ2) is 4.34. The summed E-state index contributed by atoms with van der Waals surface area (Å²) >= 11 is 0. The molecular formula is C15H26BNO2. The van der Waals surface area contributed by atoms with E-state index in [2.05, 4.69) is 39.0 Å². The summed E-state index contributed by atoms with van der Waals surface area (Å²) in [7, 11) is -0.154. The lowest BCUT2D eigenvalue weighted by atomic mass is 9.59. The minimum Gasteiger partial charge on any atom is -0.400 e. The van der Waals surface area contributed by atoms with E-state index in [4.69, 9.17) is 9.31 Å². The minimum absolute atomic E-state index is 0.154. The van der Waals surface area contributed by atoms with Crippen LogP contribution in [0.25, 0.3) is 0 Å². The molecule has 0 aromatic rings. The van der Waals surface area contributed by atoms with Gasteiger partial charge in [0.1, 0.15) is 0 Å². The summed E-state index contributed by atoms with van der Waals surface area (Å²) in [5.41, 5.74) is 1.69. The highest BCUT2D eigenvalue weighted by molar-refractivity contribution is 6.51. The van der Waals surface area contributed by atoms with E-state index in [0.717, 1.165) is 0 Å². The number of piperidine rings is 1. The highest BCUT2D eigenvalue weighted by Crippen LogP contribution is 2.51. The summed E-state index contributed by atoms with van der Waals surface area (Å²) in [5.74, 6) is 2.23. The van der Waals surface area contributed by atoms with Crippen LogP contribution in [0.3, 0.4) is 0 Å². The second-order valence-corrected chi connectivity index (χ2v) is 7.55. The van der Waals surface area contributed by atoms with Crippen molar-refractivity contribution < 1.29 is 9.31 Å². The van der Waals surface area contributed by atoms with Crippen LogP contribution in [-0.2, 0) is 9.31 Å². The lowest BCUT2D eigenvalue weighted by Gasteiger charge is -2.47. The Kier molecular flexibility index (Phi) is 3.12. The van der Waals surface area contributed by atoms with Gasteiger partial charge in [0.2, 0.25) is 0 Å². The van der Waals surface area contributed by atoms with E-state index in [0.29, 0.717) is 5.41 Å². The van der Waals surface area contributed by atoms with Crippen LogP contribution >= 0.6 is 0 Å². The Bertz CT molecular complexity index is 371. The molecule has 1 saturated carbocycles. The molecular weight excluding hydrogens is 237 g/mol. The predicted octanol–water partition coefficient (Wildman–Crippen LogP) is 2.71. The molecule has 4 heteroatoms. The summed E-state index contributed by atoms with van der Waals surface area (Å²) < 4.78 is 12.1. The van der Waals surface area contributed by atoms with Crippen LogP contribution < -0.4 is 5.32 Å². The van der Waals surface area contributed by atoms with Gasteiger partial charge in [-0.25, -0.2) is 0 Å². The van der Waals surface area contributed by atoms with Gasteiger partial charge in [0.05, 0.1) is 11.2 Å². The first kappa shape index (κ1) is 13.7. The summed E-state index contributed by atoms with van der Waals surface area (Å²) in [5, 5.41) is 3.45. The largest absolute Gasteiger partial charge is 0.487 e. The molecule has 1 aliphatic carbocycles. The Morgan fingerprint density at radius 1 is 1.00 bits per heavy atom. The molecule has 2 aliphatic heterocycles. The first-order valence-corrected chi connectivity index (χ1v) is 7.58. The Morgan fingerprint density at radius 3 is 2.05 bits per heavy atom. The van der Waals surface area contributed by atoms with Crippen molar-refractivity contribution in [2.45, 2.75) is 64.6 Å². The lowest BCUT2D eigenvalue weighted by Crippen LogP contribution is -2.42. The molecule has 1 spiro atoms. The number of nitrogens with one attached hydrogen (secondary N) is 1. The first-order chi connectivity index (χ1) is 8.82. The molecule has 0 unspecified atom stereocenters. The van der Waals surface area contributed by atoms with Gasteiger partial charge in [-0.1, -0.05) is 11.5 Å². The van der Waals surface area contributed by atoms with Gasteiger partial charge in [0, 0.05) is 0 Å². The van der Waals surface area contributed by atoms with Crippen LogP contribution in [0.2, 0.25) is 0 Å². The van der Waals surface area contributed by atoms with Crippen molar-refractivity contribution in [3.8, 4) is 0 Å². The molecule has 3 nitrogen and oxygen atoms in total. The maximum absolute atomic E-state index is 6.04. The van der Waals surface area contributed by atoms with Gasteiger partial charge < -0.3 is 14.6 Å². The lowest BCUT2D eigenvalue weighted by molar-refractivity contribution is 0.00578. The third-order valence-corrected chi connectivity index (χ3v) is 5.51. The van der Waals surface area contributed by atoms with E-state index in [1.54, 1.807) is 0 Å². The van der Waals surface area contributed by atoms with Gasteiger partial charge in [-0.05, 0) is 71.9 Å². The van der Waals surface area contributed by atoms with Crippen LogP contribution in [0, 0.1) is 5.41 Å². The fraction of sp³-hybridized carbons (Fsp3) is 0.867. The highest BCUT2D eigenvalue weighted by atomic mass is 16.7. The fourth-order valence-corrected chi connectivity index (χ4v) is 3.49. The number of rotatable bonds is 1. The maximum atomic E-state index is 6.04. The number of hydrogen-bond donors (Lipinski definition) is 1. The van der Waals surface area contributed by atoms with E-state index < -0.39 is 0 Å². The maximum Gasteiger partial charge on any atom is 0.487 e. The van der Waals surface area contributed by atoms with Crippen LogP contribution in [0.5, 0.6) is 0 Å². The fourth-order valence-electron chi connectivity index (χ4n) is 3.49. The SMILES string of the molecule is CC1(C)OB(C=C2CC3(CCNCC3)C2)OC1(C)C. The molecule has 3 rings (SSSR count). The molecule has 0 aromatic heterocycles. The smallest absolute Gasteiger partial charge is 0.400 e. The van der Waals surface area contributed by atoms with Crippen molar-refractivity contribution in [1.82, 2.24) is 5.32 Å². The van der Waals surface area contributed by atoms with Crippen molar-refractivity contribution in [2.24, 2.45) is 5.41 Å². The Hall–Kier alpha value is -0.315. The third-order valence-electron chi connectivity index (χ3n) is 5.51. The van der Waals surface area contributed by atoms with Crippen molar-refractivity contribution in [2.75, 3.05) is 13.1 Å². The molecule has 0 atom stereocenters. The second-order valence-electron chi connectivity index (χ2n) is 7.55. The minimum atomic E-state index is -0.217. The molecule has 19 heavy (non-hydrogen) atoms. The van der Waals surface area contributed by atoms with E-state index in [-0.39, 0.29) is 18.3 Å². The Labute approximate surface area is 117 Å². The summed E-state index contributed by atoms with van der Waals surface area (Å²) in [4.78, 5) is 0. The predicted molar refractivity (Wildman–Crippen MR) is 77.9 cm³/mol. The van der Waals surface area contributed by atoms with Gasteiger partial charge >= 0.3 is 7.12 Å².